The normalized spacial score (nSPS) is 20.6. The van der Waals surface area contributed by atoms with E-state index in [1.165, 1.54) is 24.3 Å². The summed E-state index contributed by atoms with van der Waals surface area (Å²) in [6.07, 6.45) is 5.07. The highest BCUT2D eigenvalue weighted by Crippen LogP contribution is 2.52. The molecule has 8 rings (SSSR count). The average Bonchev–Trinajstić information content (AvgIpc) is 3.28. The summed E-state index contributed by atoms with van der Waals surface area (Å²) in [7, 11) is 3.09. The molecule has 1 saturated heterocycles. The molecule has 4 aromatic rings. The first-order valence-corrected chi connectivity index (χ1v) is 21.5. The summed E-state index contributed by atoms with van der Waals surface area (Å²) >= 11 is 4.31. The molecular weight excluding hydrogens is 813 g/mol. The number of benzene rings is 4. The summed E-state index contributed by atoms with van der Waals surface area (Å²) in [4.78, 5) is 39.2. The van der Waals surface area contributed by atoms with Crippen LogP contribution in [-0.2, 0) is 33.6 Å². The molecule has 4 heterocycles. The maximum atomic E-state index is 13.2. The van der Waals surface area contributed by atoms with Crippen molar-refractivity contribution in [2.45, 2.75) is 77.2 Å². The fourth-order valence-corrected chi connectivity index (χ4v) is 9.59. The number of carbonyl (C=O) groups is 2. The summed E-state index contributed by atoms with van der Waals surface area (Å²) in [5, 5.41) is 30.0. The molecule has 14 nitrogen and oxygen atoms in total. The molecule has 15 heteroatoms. The number of phenolic OH excluding ortho intramolecular Hbond substituents is 1. The lowest BCUT2D eigenvalue weighted by molar-refractivity contribution is -0.131. The van der Waals surface area contributed by atoms with Gasteiger partial charge in [0.05, 0.1) is 26.3 Å². The van der Waals surface area contributed by atoms with E-state index in [0.29, 0.717) is 65.5 Å². The Balaban J connectivity index is 0.000000316. The first kappa shape index (κ1) is 46.1. The quantitative estimate of drug-likeness (QED) is 0.0189. The van der Waals surface area contributed by atoms with Crippen molar-refractivity contribution < 1.29 is 43.5 Å². The third-order valence-corrected chi connectivity index (χ3v) is 12.1. The molecule has 4 unspecified atom stereocenters. The number of aromatic hydroxyl groups is 1. The van der Waals surface area contributed by atoms with E-state index in [1.807, 2.05) is 64.1 Å². The maximum absolute atomic E-state index is 13.2. The predicted octanol–water partition coefficient (Wildman–Crippen LogP) is 6.91. The number of methoxy groups -OCH3 is 2. The number of aryl methyl sites for hydroxylation is 2. The van der Waals surface area contributed by atoms with E-state index < -0.39 is 18.8 Å². The summed E-state index contributed by atoms with van der Waals surface area (Å²) < 4.78 is 27.8. The number of nitrogens with one attached hydrogen (secondary N) is 2. The van der Waals surface area contributed by atoms with Crippen LogP contribution in [0.1, 0.15) is 82.0 Å². The molecule has 4 N–H and O–H groups in total. The van der Waals surface area contributed by atoms with Crippen molar-refractivity contribution in [1.82, 2.24) is 15.5 Å². The van der Waals surface area contributed by atoms with E-state index in [-0.39, 0.29) is 42.2 Å². The minimum absolute atomic E-state index is 0.00144. The molecule has 4 aromatic carbocycles. The molecule has 0 radical (unpaired) electrons. The van der Waals surface area contributed by atoms with Crippen LogP contribution in [-0.4, -0.2) is 86.1 Å². The molecule has 0 amide bonds. The third-order valence-electron chi connectivity index (χ3n) is 11.8. The molecule has 330 valence electrons. The zero-order valence-corrected chi connectivity index (χ0v) is 36.9. The second-order valence-corrected chi connectivity index (χ2v) is 15.6. The van der Waals surface area contributed by atoms with Crippen LogP contribution in [0.25, 0.3) is 6.08 Å². The summed E-state index contributed by atoms with van der Waals surface area (Å²) in [5.41, 5.74) is 8.17. The Hall–Kier alpha value is -5.45. The van der Waals surface area contributed by atoms with Crippen LogP contribution in [0.5, 0.6) is 28.7 Å². The molecule has 4 aliphatic heterocycles. The van der Waals surface area contributed by atoms with E-state index >= 15 is 0 Å². The van der Waals surface area contributed by atoms with Gasteiger partial charge in [-0.2, -0.15) is 12.6 Å². The van der Waals surface area contributed by atoms with Gasteiger partial charge in [-0.05, 0) is 102 Å². The zero-order chi connectivity index (χ0) is 44.5. The van der Waals surface area contributed by atoms with Gasteiger partial charge in [0.25, 0.3) is 6.47 Å². The van der Waals surface area contributed by atoms with Crippen LogP contribution in [0, 0.1) is 18.8 Å². The van der Waals surface area contributed by atoms with Crippen molar-refractivity contribution in [1.29, 1.82) is 0 Å². The van der Waals surface area contributed by atoms with Crippen LogP contribution in [0.4, 0.5) is 5.69 Å². The number of esters is 1. The first-order valence-electron chi connectivity index (χ1n) is 20.8. The minimum Gasteiger partial charge on any atom is -0.504 e. The van der Waals surface area contributed by atoms with Gasteiger partial charge in [-0.15, -0.1) is 4.91 Å². The second-order valence-electron chi connectivity index (χ2n) is 15.2. The summed E-state index contributed by atoms with van der Waals surface area (Å²) in [6.45, 7) is 9.10. The molecule has 0 saturated carbocycles. The Morgan fingerprint density at radius 1 is 0.984 bits per heavy atom. The Kier molecular flexibility index (Phi) is 15.7. The summed E-state index contributed by atoms with van der Waals surface area (Å²) in [6, 6.07) is 16.1. The third kappa shape index (κ3) is 9.47. The largest absolute Gasteiger partial charge is 0.504 e. The van der Waals surface area contributed by atoms with Gasteiger partial charge in [0.15, 0.2) is 29.7 Å². The standard InChI is InChI=1S/C34H35N3O8.C11H15NO2S.C2H6/c1-19-11-22-13-23-15-37-25(31(35-23)29(22)32(36-41)34(19)42-3)14-24-30(26(37)16-43-17-38)27(44-18-39)12-20(2)33(24)45-28(40)10-9-21-7-5-4-6-8-21;1-14-11-5-8-7(4-10(11)13)2-3-12-9(8)6-15;1-2/h4-12,17,23,25-26,31,35,39H,13-16,18H2,1-3H3;4-5,9,12-13,15H,2-3,6H2,1H3;1-2H3/b10-9+;;/t;9-;/m.1./s1. The SMILES string of the molecule is CC.COc1c(C)cc2c(c1N=O)C1NC(C2)CN2C(COC=O)c3c(OCO)cc(C)c(OC(=O)/C=C/c4ccccc4)c3CC12.COc1cc2c(cc1O)CCN[C@@H]2CS. The number of rotatable bonds is 12. The number of fused-ring (bicyclic) bond motifs is 8. The lowest BCUT2D eigenvalue weighted by Crippen LogP contribution is -2.63. The number of aliphatic hydroxyl groups excluding tert-OH is 1. The predicted molar refractivity (Wildman–Crippen MR) is 240 cm³/mol. The van der Waals surface area contributed by atoms with Gasteiger partial charge in [0.1, 0.15) is 18.1 Å². The van der Waals surface area contributed by atoms with Gasteiger partial charge in [0.2, 0.25) is 0 Å². The zero-order valence-electron chi connectivity index (χ0n) is 36.0. The molecular formula is C47H56N4O10S. The van der Waals surface area contributed by atoms with Gasteiger partial charge >= 0.3 is 5.97 Å². The number of nitroso groups, excluding NO2 is 1. The molecule has 0 spiro atoms. The fourth-order valence-electron chi connectivity index (χ4n) is 9.27. The van der Waals surface area contributed by atoms with Crippen LogP contribution in [0.15, 0.2) is 65.9 Å². The van der Waals surface area contributed by atoms with Crippen LogP contribution >= 0.6 is 12.6 Å². The monoisotopic (exact) mass is 868 g/mol. The molecule has 0 aromatic heterocycles. The van der Waals surface area contributed by atoms with Gasteiger partial charge in [0, 0.05) is 53.2 Å². The number of piperazine rings is 1. The highest BCUT2D eigenvalue weighted by molar-refractivity contribution is 7.80. The Morgan fingerprint density at radius 2 is 1.74 bits per heavy atom. The molecule has 2 bridgehead atoms. The fraction of sp³-hybridized carbons (Fsp3) is 0.404. The molecule has 4 aliphatic rings. The van der Waals surface area contributed by atoms with Crippen molar-refractivity contribution in [3.63, 3.8) is 0 Å². The van der Waals surface area contributed by atoms with Crippen molar-refractivity contribution in [2.75, 3.05) is 46.5 Å². The number of thiol groups is 1. The van der Waals surface area contributed by atoms with Gasteiger partial charge in [-0.3, -0.25) is 9.69 Å². The topological polar surface area (TPSA) is 177 Å². The average molecular weight is 869 g/mol. The van der Waals surface area contributed by atoms with Crippen LogP contribution in [0.3, 0.4) is 0 Å². The maximum Gasteiger partial charge on any atom is 0.336 e. The van der Waals surface area contributed by atoms with Gasteiger partial charge < -0.3 is 44.5 Å². The number of hydrogen-bond acceptors (Lipinski definition) is 15. The van der Waals surface area contributed by atoms with Crippen molar-refractivity contribution >= 4 is 36.8 Å². The smallest absolute Gasteiger partial charge is 0.336 e. The van der Waals surface area contributed by atoms with Crippen molar-refractivity contribution in [3.05, 3.63) is 116 Å². The Morgan fingerprint density at radius 3 is 2.42 bits per heavy atom. The van der Waals surface area contributed by atoms with E-state index in [4.69, 9.17) is 23.7 Å². The highest BCUT2D eigenvalue weighted by Gasteiger charge is 2.50. The Bertz CT molecular complexity index is 2270. The molecule has 62 heavy (non-hydrogen) atoms. The van der Waals surface area contributed by atoms with Gasteiger partial charge in [-0.1, -0.05) is 50.2 Å². The Labute approximate surface area is 367 Å². The number of hydrogen-bond donors (Lipinski definition) is 5. The second kappa shape index (κ2) is 21.1. The number of carbonyl (C=O) groups excluding carboxylic acids is 2. The van der Waals surface area contributed by atoms with E-state index in [2.05, 4.69) is 39.4 Å². The van der Waals surface area contributed by atoms with Crippen molar-refractivity contribution in [2.24, 2.45) is 5.18 Å². The first-order chi connectivity index (χ1) is 30.1. The van der Waals surface area contributed by atoms with Gasteiger partial charge in [-0.25, -0.2) is 4.79 Å². The lowest BCUT2D eigenvalue weighted by atomic mass is 9.75. The molecule has 5 atom stereocenters. The van der Waals surface area contributed by atoms with E-state index in [9.17, 15) is 24.7 Å². The van der Waals surface area contributed by atoms with Crippen LogP contribution < -0.4 is 29.6 Å². The molecule has 1 fully saturated rings. The highest BCUT2D eigenvalue weighted by atomic mass is 32.1. The molecule has 0 aliphatic carbocycles. The van der Waals surface area contributed by atoms with Crippen LogP contribution in [0.2, 0.25) is 0 Å². The minimum atomic E-state index is -0.566. The lowest BCUT2D eigenvalue weighted by Gasteiger charge is -2.54. The van der Waals surface area contributed by atoms with E-state index in [1.54, 1.807) is 25.3 Å². The number of ether oxygens (including phenoxy) is 5. The number of nitrogens with zero attached hydrogens (tertiary/aromatic N) is 2. The number of aliphatic hydroxyl groups is 1. The summed E-state index contributed by atoms with van der Waals surface area (Å²) in [5.74, 6) is 2.18. The number of phenols is 1. The van der Waals surface area contributed by atoms with Crippen molar-refractivity contribution in [3.8, 4) is 28.7 Å². The van der Waals surface area contributed by atoms with E-state index in [0.717, 1.165) is 41.0 Å².